The van der Waals surface area contributed by atoms with Gasteiger partial charge in [0.05, 0.1) is 11.2 Å². The molecule has 4 aromatic rings. The van der Waals surface area contributed by atoms with Crippen LogP contribution < -0.4 is 5.73 Å². The SMILES string of the molecule is Nc1cc(Br)cc2nc(-c3ccnc4ccccc34)oc12. The number of para-hydroxylation sites is 1. The van der Waals surface area contributed by atoms with Crippen molar-refractivity contribution in [2.24, 2.45) is 0 Å². The fraction of sp³-hybridized carbons (Fsp3) is 0. The summed E-state index contributed by atoms with van der Waals surface area (Å²) in [7, 11) is 0. The number of nitrogens with two attached hydrogens (primary N) is 1. The zero-order valence-corrected chi connectivity index (χ0v) is 12.5. The molecule has 0 saturated heterocycles. The van der Waals surface area contributed by atoms with E-state index in [4.69, 9.17) is 10.2 Å². The molecule has 0 radical (unpaired) electrons. The number of oxazole rings is 1. The van der Waals surface area contributed by atoms with Gasteiger partial charge in [-0.2, -0.15) is 0 Å². The Hall–Kier alpha value is -2.40. The normalized spacial score (nSPS) is 11.3. The van der Waals surface area contributed by atoms with E-state index in [0.29, 0.717) is 17.2 Å². The fourth-order valence-electron chi connectivity index (χ4n) is 2.42. The number of pyridine rings is 1. The Morgan fingerprint density at radius 1 is 1.05 bits per heavy atom. The van der Waals surface area contributed by atoms with Crippen LogP contribution in [-0.4, -0.2) is 9.97 Å². The van der Waals surface area contributed by atoms with Crippen LogP contribution in [-0.2, 0) is 0 Å². The van der Waals surface area contributed by atoms with Crippen molar-refractivity contribution in [1.82, 2.24) is 9.97 Å². The Labute approximate surface area is 128 Å². The number of halogens is 1. The molecule has 0 atom stereocenters. The van der Waals surface area contributed by atoms with Crippen molar-refractivity contribution in [2.45, 2.75) is 0 Å². The molecule has 0 aliphatic heterocycles. The average molecular weight is 340 g/mol. The number of rotatable bonds is 1. The quantitative estimate of drug-likeness (QED) is 0.522. The van der Waals surface area contributed by atoms with Crippen molar-refractivity contribution in [3.8, 4) is 11.5 Å². The Kier molecular flexibility index (Phi) is 2.68. The Bertz CT molecular complexity index is 973. The summed E-state index contributed by atoms with van der Waals surface area (Å²) in [6.45, 7) is 0. The highest BCUT2D eigenvalue weighted by atomic mass is 79.9. The second-order valence-corrected chi connectivity index (χ2v) is 5.65. The van der Waals surface area contributed by atoms with Gasteiger partial charge in [0.1, 0.15) is 5.52 Å². The van der Waals surface area contributed by atoms with E-state index in [1.807, 2.05) is 42.5 Å². The molecule has 0 amide bonds. The minimum absolute atomic E-state index is 0.549. The molecule has 0 saturated carbocycles. The van der Waals surface area contributed by atoms with E-state index in [2.05, 4.69) is 25.9 Å². The maximum atomic E-state index is 5.99. The maximum absolute atomic E-state index is 5.99. The maximum Gasteiger partial charge on any atom is 0.228 e. The number of benzene rings is 2. The van der Waals surface area contributed by atoms with Gasteiger partial charge in [0, 0.05) is 21.6 Å². The van der Waals surface area contributed by atoms with Crippen molar-refractivity contribution >= 4 is 43.6 Å². The molecule has 2 aromatic heterocycles. The average Bonchev–Trinajstić information content (AvgIpc) is 2.90. The van der Waals surface area contributed by atoms with Gasteiger partial charge in [0.2, 0.25) is 5.89 Å². The fourth-order valence-corrected chi connectivity index (χ4v) is 2.88. The number of hydrogen-bond acceptors (Lipinski definition) is 4. The topological polar surface area (TPSA) is 64.9 Å². The standard InChI is InChI=1S/C16H10BrN3O/c17-9-7-12(18)15-14(8-9)20-16(21-15)11-5-6-19-13-4-2-1-3-10(11)13/h1-8H,18H2. The highest BCUT2D eigenvalue weighted by Gasteiger charge is 2.13. The van der Waals surface area contributed by atoms with Gasteiger partial charge < -0.3 is 10.2 Å². The van der Waals surface area contributed by atoms with Crippen LogP contribution in [0.15, 0.2) is 57.6 Å². The van der Waals surface area contributed by atoms with E-state index in [1.165, 1.54) is 0 Å². The van der Waals surface area contributed by atoms with E-state index in [-0.39, 0.29) is 0 Å². The van der Waals surface area contributed by atoms with E-state index >= 15 is 0 Å². The molecule has 0 aliphatic rings. The van der Waals surface area contributed by atoms with Crippen LogP contribution in [0.1, 0.15) is 0 Å². The van der Waals surface area contributed by atoms with Crippen LogP contribution >= 0.6 is 15.9 Å². The van der Waals surface area contributed by atoms with Crippen LogP contribution in [0.25, 0.3) is 33.5 Å². The Morgan fingerprint density at radius 2 is 1.90 bits per heavy atom. The smallest absolute Gasteiger partial charge is 0.228 e. The van der Waals surface area contributed by atoms with Gasteiger partial charge in [-0.3, -0.25) is 4.98 Å². The molecule has 0 aliphatic carbocycles. The van der Waals surface area contributed by atoms with Gasteiger partial charge in [0.15, 0.2) is 5.58 Å². The molecule has 21 heavy (non-hydrogen) atoms. The van der Waals surface area contributed by atoms with E-state index < -0.39 is 0 Å². The lowest BCUT2D eigenvalue weighted by Crippen LogP contribution is -1.84. The highest BCUT2D eigenvalue weighted by Crippen LogP contribution is 2.33. The van der Waals surface area contributed by atoms with Gasteiger partial charge in [-0.15, -0.1) is 0 Å². The van der Waals surface area contributed by atoms with E-state index in [0.717, 1.165) is 26.5 Å². The molecule has 4 nitrogen and oxygen atoms in total. The largest absolute Gasteiger partial charge is 0.434 e. The number of nitrogens with zero attached hydrogens (tertiary/aromatic N) is 2. The molecule has 5 heteroatoms. The van der Waals surface area contributed by atoms with E-state index in [9.17, 15) is 0 Å². The monoisotopic (exact) mass is 339 g/mol. The third kappa shape index (κ3) is 1.97. The van der Waals surface area contributed by atoms with Crippen molar-refractivity contribution in [3.63, 3.8) is 0 Å². The summed E-state index contributed by atoms with van der Waals surface area (Å²) in [6, 6.07) is 13.5. The number of hydrogen-bond donors (Lipinski definition) is 1. The van der Waals surface area contributed by atoms with Crippen molar-refractivity contribution < 1.29 is 4.42 Å². The summed E-state index contributed by atoms with van der Waals surface area (Å²) in [5.41, 5.74) is 9.71. The molecule has 102 valence electrons. The summed E-state index contributed by atoms with van der Waals surface area (Å²) < 4.78 is 6.74. The number of nitrogen functional groups attached to an aromatic ring is 1. The molecule has 4 rings (SSSR count). The number of fused-ring (bicyclic) bond motifs is 2. The summed E-state index contributed by atoms with van der Waals surface area (Å²) in [4.78, 5) is 8.90. The van der Waals surface area contributed by atoms with Gasteiger partial charge >= 0.3 is 0 Å². The van der Waals surface area contributed by atoms with Crippen LogP contribution in [0, 0.1) is 0 Å². The number of anilines is 1. The predicted molar refractivity (Wildman–Crippen MR) is 86.9 cm³/mol. The zero-order valence-electron chi connectivity index (χ0n) is 10.9. The summed E-state index contributed by atoms with van der Waals surface area (Å²) in [6.07, 6.45) is 1.76. The Morgan fingerprint density at radius 3 is 2.81 bits per heavy atom. The Balaban J connectivity index is 2.03. The molecule has 0 spiro atoms. The molecule has 0 fully saturated rings. The molecule has 2 heterocycles. The lowest BCUT2D eigenvalue weighted by Gasteiger charge is -2.01. The van der Waals surface area contributed by atoms with Crippen LogP contribution in [0.3, 0.4) is 0 Å². The third-order valence-electron chi connectivity index (χ3n) is 3.36. The lowest BCUT2D eigenvalue weighted by molar-refractivity contribution is 0.622. The van der Waals surface area contributed by atoms with Gasteiger partial charge in [-0.25, -0.2) is 4.98 Å². The molecule has 0 unspecified atom stereocenters. The van der Waals surface area contributed by atoms with E-state index in [1.54, 1.807) is 6.20 Å². The van der Waals surface area contributed by atoms with Crippen LogP contribution in [0.2, 0.25) is 0 Å². The molecular weight excluding hydrogens is 330 g/mol. The highest BCUT2D eigenvalue weighted by molar-refractivity contribution is 9.10. The van der Waals surface area contributed by atoms with Crippen molar-refractivity contribution in [2.75, 3.05) is 5.73 Å². The molecule has 2 N–H and O–H groups in total. The molecule has 0 bridgehead atoms. The first kappa shape index (κ1) is 12.3. The van der Waals surface area contributed by atoms with Gasteiger partial charge in [-0.05, 0) is 24.3 Å². The van der Waals surface area contributed by atoms with Crippen molar-refractivity contribution in [3.05, 3.63) is 53.1 Å². The summed E-state index contributed by atoms with van der Waals surface area (Å²) in [5.74, 6) is 0.549. The zero-order chi connectivity index (χ0) is 14.4. The first-order chi connectivity index (χ1) is 10.2. The predicted octanol–water partition coefficient (Wildman–Crippen LogP) is 4.39. The third-order valence-corrected chi connectivity index (χ3v) is 3.82. The second-order valence-electron chi connectivity index (χ2n) is 4.74. The van der Waals surface area contributed by atoms with Crippen LogP contribution in [0.4, 0.5) is 5.69 Å². The summed E-state index contributed by atoms with van der Waals surface area (Å²) >= 11 is 3.42. The number of aromatic nitrogens is 2. The molecular formula is C16H10BrN3O. The first-order valence-corrected chi connectivity index (χ1v) is 7.21. The van der Waals surface area contributed by atoms with Crippen molar-refractivity contribution in [1.29, 1.82) is 0 Å². The van der Waals surface area contributed by atoms with Crippen LogP contribution in [0.5, 0.6) is 0 Å². The van der Waals surface area contributed by atoms with Gasteiger partial charge in [-0.1, -0.05) is 34.1 Å². The van der Waals surface area contributed by atoms with Gasteiger partial charge in [0.25, 0.3) is 0 Å². The first-order valence-electron chi connectivity index (χ1n) is 6.42. The summed E-state index contributed by atoms with van der Waals surface area (Å²) in [5, 5.41) is 1.00. The minimum atomic E-state index is 0.549. The minimum Gasteiger partial charge on any atom is -0.434 e. The lowest BCUT2D eigenvalue weighted by atomic mass is 10.1. The second kappa shape index (κ2) is 4.56. The molecule has 2 aromatic carbocycles.